The highest BCUT2D eigenvalue weighted by Gasteiger charge is 2.35. The van der Waals surface area contributed by atoms with Crippen molar-refractivity contribution in [3.63, 3.8) is 0 Å². The van der Waals surface area contributed by atoms with E-state index in [0.29, 0.717) is 18.8 Å². The zero-order valence-electron chi connectivity index (χ0n) is 10.1. The number of carboxylic acid groups (broad SMARTS) is 1. The molecule has 0 aromatic carbocycles. The Hall–Kier alpha value is -1.89. The highest BCUT2D eigenvalue weighted by atomic mass is 16.5. The van der Waals surface area contributed by atoms with Crippen LogP contribution in [0.3, 0.4) is 0 Å². The van der Waals surface area contributed by atoms with Gasteiger partial charge < -0.3 is 14.7 Å². The summed E-state index contributed by atoms with van der Waals surface area (Å²) in [6.07, 6.45) is 3.34. The van der Waals surface area contributed by atoms with Gasteiger partial charge in [-0.15, -0.1) is 0 Å². The molecule has 1 aromatic heterocycles. The van der Waals surface area contributed by atoms with E-state index in [4.69, 9.17) is 9.84 Å². The zero-order chi connectivity index (χ0) is 13.1. The second-order valence-corrected chi connectivity index (χ2v) is 4.20. The van der Waals surface area contributed by atoms with E-state index >= 15 is 0 Å². The van der Waals surface area contributed by atoms with Crippen LogP contribution in [0.25, 0.3) is 0 Å². The molecule has 1 atom stereocenters. The lowest BCUT2D eigenvalue weighted by Gasteiger charge is -2.12. The van der Waals surface area contributed by atoms with E-state index in [9.17, 15) is 9.59 Å². The molecule has 0 aliphatic carbocycles. The minimum Gasteiger partial charge on any atom is -0.481 e. The average molecular weight is 253 g/mol. The Morgan fingerprint density at radius 2 is 2.44 bits per heavy atom. The number of aromatic nitrogens is 2. The van der Waals surface area contributed by atoms with Crippen LogP contribution in [0.5, 0.6) is 0 Å². The summed E-state index contributed by atoms with van der Waals surface area (Å²) >= 11 is 0. The van der Waals surface area contributed by atoms with E-state index < -0.39 is 11.9 Å². The van der Waals surface area contributed by atoms with E-state index in [1.165, 1.54) is 4.90 Å². The van der Waals surface area contributed by atoms with Gasteiger partial charge >= 0.3 is 5.97 Å². The summed E-state index contributed by atoms with van der Waals surface area (Å²) in [6, 6.07) is 0. The van der Waals surface area contributed by atoms with Crippen molar-refractivity contribution >= 4 is 17.6 Å². The topological polar surface area (TPSA) is 84.7 Å². The van der Waals surface area contributed by atoms with Crippen LogP contribution in [0.2, 0.25) is 0 Å². The summed E-state index contributed by atoms with van der Waals surface area (Å²) in [7, 11) is 1.60. The fourth-order valence-corrected chi connectivity index (χ4v) is 1.92. The molecule has 1 aliphatic rings. The molecule has 1 N–H and O–H groups in total. The number of ether oxygens (including phenoxy) is 1. The third kappa shape index (κ3) is 2.51. The lowest BCUT2D eigenvalue weighted by atomic mass is 10.1. The van der Waals surface area contributed by atoms with Crippen LogP contribution >= 0.6 is 0 Å². The summed E-state index contributed by atoms with van der Waals surface area (Å²) in [6.45, 7) is 1.35. The van der Waals surface area contributed by atoms with Gasteiger partial charge in [-0.05, 0) is 0 Å². The number of hydrogen-bond donors (Lipinski definition) is 1. The SMILES string of the molecule is COCCn1cc(N2CC(C(=O)O)CC2=O)cn1. The van der Waals surface area contributed by atoms with Crippen molar-refractivity contribution < 1.29 is 19.4 Å². The van der Waals surface area contributed by atoms with Gasteiger partial charge in [0, 0.05) is 26.3 Å². The van der Waals surface area contributed by atoms with Gasteiger partial charge in [-0.1, -0.05) is 0 Å². The monoisotopic (exact) mass is 253 g/mol. The largest absolute Gasteiger partial charge is 0.481 e. The maximum absolute atomic E-state index is 11.7. The van der Waals surface area contributed by atoms with Crippen molar-refractivity contribution in [3.05, 3.63) is 12.4 Å². The number of rotatable bonds is 5. The van der Waals surface area contributed by atoms with Gasteiger partial charge in [0.1, 0.15) is 0 Å². The lowest BCUT2D eigenvalue weighted by molar-refractivity contribution is -0.141. The van der Waals surface area contributed by atoms with Gasteiger partial charge in [0.2, 0.25) is 5.91 Å². The third-order valence-corrected chi connectivity index (χ3v) is 2.93. The normalized spacial score (nSPS) is 19.5. The van der Waals surface area contributed by atoms with Crippen LogP contribution in [-0.4, -0.2) is 47.0 Å². The average Bonchev–Trinajstić information content (AvgIpc) is 2.92. The summed E-state index contributed by atoms with van der Waals surface area (Å²) in [5.74, 6) is -1.73. The molecule has 1 unspecified atom stereocenters. The van der Waals surface area contributed by atoms with Gasteiger partial charge in [0.25, 0.3) is 0 Å². The van der Waals surface area contributed by atoms with Crippen LogP contribution in [0.1, 0.15) is 6.42 Å². The summed E-state index contributed by atoms with van der Waals surface area (Å²) in [5.41, 5.74) is 0.639. The van der Waals surface area contributed by atoms with Crippen LogP contribution in [-0.2, 0) is 20.9 Å². The molecule has 7 heteroatoms. The van der Waals surface area contributed by atoms with Crippen molar-refractivity contribution in [3.8, 4) is 0 Å². The van der Waals surface area contributed by atoms with Crippen molar-refractivity contribution in [2.24, 2.45) is 5.92 Å². The number of amides is 1. The first-order chi connectivity index (χ1) is 8.61. The smallest absolute Gasteiger partial charge is 0.308 e. The molecule has 2 heterocycles. The molecule has 0 radical (unpaired) electrons. The van der Waals surface area contributed by atoms with Gasteiger partial charge in [-0.2, -0.15) is 5.10 Å². The second kappa shape index (κ2) is 5.18. The van der Waals surface area contributed by atoms with E-state index in [2.05, 4.69) is 5.10 Å². The van der Waals surface area contributed by atoms with Gasteiger partial charge in [-0.3, -0.25) is 14.3 Å². The fraction of sp³-hybridized carbons (Fsp3) is 0.545. The number of carbonyl (C=O) groups is 2. The van der Waals surface area contributed by atoms with Crippen LogP contribution in [0.15, 0.2) is 12.4 Å². The van der Waals surface area contributed by atoms with E-state index in [0.717, 1.165) is 0 Å². The van der Waals surface area contributed by atoms with Crippen molar-refractivity contribution in [2.75, 3.05) is 25.2 Å². The van der Waals surface area contributed by atoms with Crippen LogP contribution in [0.4, 0.5) is 5.69 Å². The Kier molecular flexibility index (Phi) is 3.61. The zero-order valence-corrected chi connectivity index (χ0v) is 10.1. The van der Waals surface area contributed by atoms with Crippen LogP contribution < -0.4 is 4.90 Å². The van der Waals surface area contributed by atoms with Gasteiger partial charge in [-0.25, -0.2) is 0 Å². The number of carbonyl (C=O) groups excluding carboxylic acids is 1. The maximum atomic E-state index is 11.7. The minimum absolute atomic E-state index is 0.0542. The third-order valence-electron chi connectivity index (χ3n) is 2.93. The molecule has 0 saturated carbocycles. The Morgan fingerprint density at radius 3 is 3.06 bits per heavy atom. The predicted octanol–water partition coefficient (Wildman–Crippen LogP) is -0.0330. The molecule has 1 saturated heterocycles. The Bertz CT molecular complexity index is 457. The molecular formula is C11H15N3O4. The molecule has 1 aromatic rings. The number of methoxy groups -OCH3 is 1. The molecule has 1 amide bonds. The van der Waals surface area contributed by atoms with E-state index in [1.807, 2.05) is 0 Å². The van der Waals surface area contributed by atoms with Crippen LogP contribution in [0, 0.1) is 5.92 Å². The Morgan fingerprint density at radius 1 is 1.67 bits per heavy atom. The first-order valence-corrected chi connectivity index (χ1v) is 5.66. The molecule has 7 nitrogen and oxygen atoms in total. The van der Waals surface area contributed by atoms with Crippen molar-refractivity contribution in [1.29, 1.82) is 0 Å². The van der Waals surface area contributed by atoms with E-state index in [-0.39, 0.29) is 18.9 Å². The Balaban J connectivity index is 2.05. The number of carboxylic acids is 1. The minimum atomic E-state index is -0.933. The molecule has 2 rings (SSSR count). The lowest BCUT2D eigenvalue weighted by Crippen LogP contribution is -2.25. The highest BCUT2D eigenvalue weighted by molar-refractivity contribution is 5.98. The number of hydrogen-bond acceptors (Lipinski definition) is 4. The van der Waals surface area contributed by atoms with Gasteiger partial charge in [0.05, 0.1) is 31.0 Å². The van der Waals surface area contributed by atoms with Crippen molar-refractivity contribution in [1.82, 2.24) is 9.78 Å². The fourth-order valence-electron chi connectivity index (χ4n) is 1.92. The quantitative estimate of drug-likeness (QED) is 0.796. The van der Waals surface area contributed by atoms with E-state index in [1.54, 1.807) is 24.2 Å². The molecule has 98 valence electrons. The Labute approximate surface area is 104 Å². The molecule has 18 heavy (non-hydrogen) atoms. The maximum Gasteiger partial charge on any atom is 0.308 e. The molecule has 0 bridgehead atoms. The first kappa shape index (κ1) is 12.6. The predicted molar refractivity (Wildman–Crippen MR) is 62.2 cm³/mol. The highest BCUT2D eigenvalue weighted by Crippen LogP contribution is 2.24. The number of anilines is 1. The van der Waals surface area contributed by atoms with Gasteiger partial charge in [0.15, 0.2) is 0 Å². The molecule has 0 spiro atoms. The molecule has 1 aliphatic heterocycles. The van der Waals surface area contributed by atoms with Crippen molar-refractivity contribution in [2.45, 2.75) is 13.0 Å². The summed E-state index contributed by atoms with van der Waals surface area (Å²) in [4.78, 5) is 24.0. The second-order valence-electron chi connectivity index (χ2n) is 4.20. The molecule has 1 fully saturated rings. The molecular weight excluding hydrogens is 238 g/mol. The number of nitrogens with zero attached hydrogens (tertiary/aromatic N) is 3. The summed E-state index contributed by atoms with van der Waals surface area (Å²) in [5, 5.41) is 13.0. The summed E-state index contributed by atoms with van der Waals surface area (Å²) < 4.78 is 6.60. The number of aliphatic carboxylic acids is 1. The standard InChI is InChI=1S/C11H15N3O4/c1-18-3-2-13-7-9(5-12-13)14-6-8(11(16)17)4-10(14)15/h5,7-8H,2-4,6H2,1H3,(H,16,17). The first-order valence-electron chi connectivity index (χ1n) is 5.66.